The van der Waals surface area contributed by atoms with Gasteiger partial charge in [-0.2, -0.15) is 0 Å². The fourth-order valence-corrected chi connectivity index (χ4v) is 2.34. The molecule has 0 spiro atoms. The van der Waals surface area contributed by atoms with Crippen molar-refractivity contribution in [1.29, 1.82) is 0 Å². The summed E-state index contributed by atoms with van der Waals surface area (Å²) < 4.78 is 0. The first-order chi connectivity index (χ1) is 8.08. The second kappa shape index (κ2) is 6.21. The van der Waals surface area contributed by atoms with Crippen molar-refractivity contribution in [2.24, 2.45) is 0 Å². The minimum absolute atomic E-state index is 0. The van der Waals surface area contributed by atoms with Gasteiger partial charge in [0.1, 0.15) is 0 Å². The highest BCUT2D eigenvalue weighted by atomic mass is 35.5. The summed E-state index contributed by atoms with van der Waals surface area (Å²) >= 11 is 0. The first kappa shape index (κ1) is 15.0. The number of nitrogens with one attached hydrogen (secondary N) is 1. The van der Waals surface area contributed by atoms with Crippen LogP contribution >= 0.6 is 12.4 Å². The van der Waals surface area contributed by atoms with E-state index in [0.29, 0.717) is 6.04 Å². The van der Waals surface area contributed by atoms with Crippen LogP contribution in [0.25, 0.3) is 0 Å². The van der Waals surface area contributed by atoms with E-state index in [1.807, 2.05) is 30.9 Å². The van der Waals surface area contributed by atoms with Crippen molar-refractivity contribution in [2.75, 3.05) is 19.6 Å². The van der Waals surface area contributed by atoms with E-state index in [-0.39, 0.29) is 18.3 Å². The van der Waals surface area contributed by atoms with Gasteiger partial charge in [-0.1, -0.05) is 17.7 Å². The molecule has 4 heteroatoms. The number of rotatable bonds is 1. The van der Waals surface area contributed by atoms with Crippen molar-refractivity contribution in [3.8, 4) is 0 Å². The third kappa shape index (κ3) is 3.24. The molecular formula is C14H21ClN2O. The molecule has 1 aliphatic heterocycles. The standard InChI is InChI=1S/C14H20N2O.ClH/c1-10-4-5-13(11(2)8-10)14(17)16-7-6-15-12(3)9-16;/h4-5,8,12,15H,6-7,9H2,1-3H3;1H/t12-;/m1./s1. The molecule has 2 rings (SSSR count). The molecule has 1 aromatic carbocycles. The molecule has 0 radical (unpaired) electrons. The molecule has 1 saturated heterocycles. The van der Waals surface area contributed by atoms with Crippen molar-refractivity contribution in [2.45, 2.75) is 26.8 Å². The van der Waals surface area contributed by atoms with Crippen molar-refractivity contribution < 1.29 is 4.79 Å². The quantitative estimate of drug-likeness (QED) is 0.847. The minimum atomic E-state index is 0. The molecule has 1 atom stereocenters. The first-order valence-corrected chi connectivity index (χ1v) is 6.18. The fraction of sp³-hybridized carbons (Fsp3) is 0.500. The van der Waals surface area contributed by atoms with E-state index >= 15 is 0 Å². The number of benzene rings is 1. The third-order valence-electron chi connectivity index (χ3n) is 3.27. The lowest BCUT2D eigenvalue weighted by Gasteiger charge is -2.32. The molecule has 0 bridgehead atoms. The largest absolute Gasteiger partial charge is 0.336 e. The molecule has 1 N–H and O–H groups in total. The van der Waals surface area contributed by atoms with Gasteiger partial charge in [-0.05, 0) is 32.4 Å². The molecule has 0 aliphatic carbocycles. The molecule has 1 heterocycles. The SMILES string of the molecule is Cc1ccc(C(=O)N2CCN[C@H](C)C2)c(C)c1.Cl. The summed E-state index contributed by atoms with van der Waals surface area (Å²) in [6.45, 7) is 8.65. The van der Waals surface area contributed by atoms with Crippen molar-refractivity contribution in [3.05, 3.63) is 34.9 Å². The molecular weight excluding hydrogens is 248 g/mol. The summed E-state index contributed by atoms with van der Waals surface area (Å²) in [5.41, 5.74) is 3.11. The van der Waals surface area contributed by atoms with E-state index in [1.165, 1.54) is 5.56 Å². The van der Waals surface area contributed by atoms with E-state index in [0.717, 1.165) is 30.8 Å². The van der Waals surface area contributed by atoms with Crippen LogP contribution in [0.1, 0.15) is 28.4 Å². The Labute approximate surface area is 115 Å². The topological polar surface area (TPSA) is 32.3 Å². The molecule has 1 aliphatic rings. The second-order valence-electron chi connectivity index (χ2n) is 4.92. The van der Waals surface area contributed by atoms with Crippen LogP contribution in [0.2, 0.25) is 0 Å². The van der Waals surface area contributed by atoms with Crippen LogP contribution < -0.4 is 5.32 Å². The van der Waals surface area contributed by atoms with Crippen molar-refractivity contribution in [1.82, 2.24) is 10.2 Å². The molecule has 1 amide bonds. The van der Waals surface area contributed by atoms with Gasteiger partial charge in [0, 0.05) is 31.2 Å². The summed E-state index contributed by atoms with van der Waals surface area (Å²) in [5, 5.41) is 3.35. The lowest BCUT2D eigenvalue weighted by Crippen LogP contribution is -2.51. The van der Waals surface area contributed by atoms with Gasteiger partial charge in [-0.25, -0.2) is 0 Å². The number of halogens is 1. The average Bonchev–Trinajstić information content (AvgIpc) is 2.28. The third-order valence-corrected chi connectivity index (χ3v) is 3.27. The number of hydrogen-bond donors (Lipinski definition) is 1. The number of carbonyl (C=O) groups is 1. The van der Waals surface area contributed by atoms with Gasteiger partial charge in [0.2, 0.25) is 0 Å². The summed E-state index contributed by atoms with van der Waals surface area (Å²) in [7, 11) is 0. The predicted molar refractivity (Wildman–Crippen MR) is 76.5 cm³/mol. The van der Waals surface area contributed by atoms with Crippen LogP contribution in [-0.4, -0.2) is 36.5 Å². The maximum atomic E-state index is 12.4. The van der Waals surface area contributed by atoms with Crippen LogP contribution in [-0.2, 0) is 0 Å². The number of piperazine rings is 1. The Morgan fingerprint density at radius 2 is 2.11 bits per heavy atom. The zero-order valence-corrected chi connectivity index (χ0v) is 12.0. The van der Waals surface area contributed by atoms with Gasteiger partial charge in [0.15, 0.2) is 0 Å². The summed E-state index contributed by atoms with van der Waals surface area (Å²) in [4.78, 5) is 14.3. The Kier molecular flexibility index (Phi) is 5.17. The summed E-state index contributed by atoms with van der Waals surface area (Å²) in [6, 6.07) is 6.41. The van der Waals surface area contributed by atoms with Crippen molar-refractivity contribution >= 4 is 18.3 Å². The van der Waals surface area contributed by atoms with Gasteiger partial charge in [0.25, 0.3) is 5.91 Å². The average molecular weight is 269 g/mol. The van der Waals surface area contributed by atoms with Crippen LogP contribution in [0.15, 0.2) is 18.2 Å². The smallest absolute Gasteiger partial charge is 0.254 e. The van der Waals surface area contributed by atoms with Gasteiger partial charge in [0.05, 0.1) is 0 Å². The molecule has 0 aromatic heterocycles. The number of amides is 1. The lowest BCUT2D eigenvalue weighted by molar-refractivity contribution is 0.0708. The molecule has 100 valence electrons. The van der Waals surface area contributed by atoms with Gasteiger partial charge in [-0.15, -0.1) is 12.4 Å². The van der Waals surface area contributed by atoms with Gasteiger partial charge >= 0.3 is 0 Å². The van der Waals surface area contributed by atoms with E-state index in [4.69, 9.17) is 0 Å². The fourth-order valence-electron chi connectivity index (χ4n) is 2.34. The highest BCUT2D eigenvalue weighted by molar-refractivity contribution is 5.95. The molecule has 3 nitrogen and oxygen atoms in total. The van der Waals surface area contributed by atoms with Crippen LogP contribution in [0.5, 0.6) is 0 Å². The van der Waals surface area contributed by atoms with Crippen LogP contribution in [0, 0.1) is 13.8 Å². The highest BCUT2D eigenvalue weighted by Gasteiger charge is 2.22. The predicted octanol–water partition coefficient (Wildman–Crippen LogP) is 2.16. The number of carbonyl (C=O) groups excluding carboxylic acids is 1. The van der Waals surface area contributed by atoms with E-state index in [1.54, 1.807) is 0 Å². The maximum Gasteiger partial charge on any atom is 0.254 e. The Balaban J connectivity index is 0.00000162. The number of aryl methyl sites for hydroxylation is 2. The number of nitrogens with zero attached hydrogens (tertiary/aromatic N) is 1. The second-order valence-corrected chi connectivity index (χ2v) is 4.92. The van der Waals surface area contributed by atoms with Gasteiger partial charge < -0.3 is 10.2 Å². The van der Waals surface area contributed by atoms with Crippen molar-refractivity contribution in [3.63, 3.8) is 0 Å². The molecule has 0 saturated carbocycles. The monoisotopic (exact) mass is 268 g/mol. The zero-order valence-electron chi connectivity index (χ0n) is 11.2. The Morgan fingerprint density at radius 3 is 2.72 bits per heavy atom. The summed E-state index contributed by atoms with van der Waals surface area (Å²) in [5.74, 6) is 0.163. The Hall–Kier alpha value is -1.06. The highest BCUT2D eigenvalue weighted by Crippen LogP contribution is 2.14. The summed E-state index contributed by atoms with van der Waals surface area (Å²) in [6.07, 6.45) is 0. The van der Waals surface area contributed by atoms with E-state index in [9.17, 15) is 4.79 Å². The Morgan fingerprint density at radius 1 is 1.39 bits per heavy atom. The maximum absolute atomic E-state index is 12.4. The zero-order chi connectivity index (χ0) is 12.4. The lowest BCUT2D eigenvalue weighted by atomic mass is 10.0. The minimum Gasteiger partial charge on any atom is -0.336 e. The van der Waals surface area contributed by atoms with E-state index < -0.39 is 0 Å². The molecule has 18 heavy (non-hydrogen) atoms. The molecule has 1 fully saturated rings. The number of hydrogen-bond acceptors (Lipinski definition) is 2. The first-order valence-electron chi connectivity index (χ1n) is 6.18. The van der Waals surface area contributed by atoms with Crippen LogP contribution in [0.3, 0.4) is 0 Å². The van der Waals surface area contributed by atoms with Gasteiger partial charge in [-0.3, -0.25) is 4.79 Å². The van der Waals surface area contributed by atoms with E-state index in [2.05, 4.69) is 18.3 Å². The molecule has 0 unspecified atom stereocenters. The Bertz CT molecular complexity index is 434. The van der Waals surface area contributed by atoms with Crippen LogP contribution in [0.4, 0.5) is 0 Å². The molecule has 1 aromatic rings. The normalized spacial score (nSPS) is 19.3.